The third-order valence-corrected chi connectivity index (χ3v) is 8.71. The van der Waals surface area contributed by atoms with Crippen LogP contribution in [-0.4, -0.2) is 49.6 Å². The highest BCUT2D eigenvalue weighted by Gasteiger charge is 2.74. The van der Waals surface area contributed by atoms with Crippen molar-refractivity contribution in [2.24, 2.45) is 29.1 Å². The van der Waals surface area contributed by atoms with Crippen LogP contribution in [0.4, 0.5) is 0 Å². The lowest BCUT2D eigenvalue weighted by Gasteiger charge is -2.40. The Bertz CT molecular complexity index is 919. The normalized spacial score (nSPS) is 35.5. The van der Waals surface area contributed by atoms with Gasteiger partial charge in [-0.3, -0.25) is 14.4 Å². The van der Waals surface area contributed by atoms with Crippen molar-refractivity contribution in [1.29, 1.82) is 0 Å². The molecule has 3 fully saturated rings. The number of esters is 3. The van der Waals surface area contributed by atoms with Crippen molar-refractivity contribution in [3.63, 3.8) is 0 Å². The predicted molar refractivity (Wildman–Crippen MR) is 135 cm³/mol. The van der Waals surface area contributed by atoms with Crippen LogP contribution < -0.4 is 0 Å². The largest absolute Gasteiger partial charge is 0.465 e. The topological polar surface area (TPSA) is 101 Å². The van der Waals surface area contributed by atoms with Gasteiger partial charge in [0.25, 0.3) is 0 Å². The molecule has 1 saturated heterocycles. The smallest absolute Gasteiger partial charge is 0.306 e. The highest BCUT2D eigenvalue weighted by molar-refractivity contribution is 5.69. The van der Waals surface area contributed by atoms with E-state index >= 15 is 0 Å². The summed E-state index contributed by atoms with van der Waals surface area (Å²) in [4.78, 5) is 36.0. The second kappa shape index (κ2) is 11.6. The summed E-state index contributed by atoms with van der Waals surface area (Å²) >= 11 is 0. The van der Waals surface area contributed by atoms with Gasteiger partial charge in [-0.2, -0.15) is 0 Å². The Kier molecular flexibility index (Phi) is 8.66. The molecule has 0 bridgehead atoms. The van der Waals surface area contributed by atoms with E-state index < -0.39 is 17.9 Å². The van der Waals surface area contributed by atoms with Crippen LogP contribution in [0.3, 0.4) is 0 Å². The minimum atomic E-state index is -0.763. The van der Waals surface area contributed by atoms with Crippen LogP contribution in [0.15, 0.2) is 24.0 Å². The molecule has 8 nitrogen and oxygen atoms in total. The fraction of sp³-hybridized carbons (Fsp3) is 0.759. The average Bonchev–Trinajstić information content (AvgIpc) is 3.75. The molecule has 8 heteroatoms. The number of rotatable bonds is 12. The SMILES string of the molecule is CCCCC/C=C\CCC(=O)OC[C@@]1(C)[C@@H]2[C@H]3C(COC(C)=O)=CO[C@H](OC(C)=O)[C@H]3[C@@]3(CC[C@@H]21)CO3. The van der Waals surface area contributed by atoms with Crippen molar-refractivity contribution in [3.05, 3.63) is 24.0 Å². The van der Waals surface area contributed by atoms with E-state index in [1.54, 1.807) is 6.26 Å². The van der Waals surface area contributed by atoms with Crippen LogP contribution in [0.25, 0.3) is 0 Å². The molecule has 2 saturated carbocycles. The molecule has 0 aromatic carbocycles. The van der Waals surface area contributed by atoms with E-state index in [-0.39, 0.29) is 41.7 Å². The highest BCUT2D eigenvalue weighted by atomic mass is 16.7. The second-order valence-electron chi connectivity index (χ2n) is 11.3. The van der Waals surface area contributed by atoms with Gasteiger partial charge in [0.1, 0.15) is 12.2 Å². The maximum absolute atomic E-state index is 12.5. The van der Waals surface area contributed by atoms with Gasteiger partial charge in [0.15, 0.2) is 0 Å². The van der Waals surface area contributed by atoms with E-state index in [1.165, 1.54) is 33.1 Å². The Labute approximate surface area is 220 Å². The fourth-order valence-corrected chi connectivity index (χ4v) is 6.65. The zero-order chi connectivity index (χ0) is 26.6. The molecule has 2 aliphatic carbocycles. The molecular weight excluding hydrogens is 476 g/mol. The molecule has 2 heterocycles. The van der Waals surface area contributed by atoms with Crippen molar-refractivity contribution in [1.82, 2.24) is 0 Å². The second-order valence-corrected chi connectivity index (χ2v) is 11.3. The number of carbonyl (C=O) groups is 3. The predicted octanol–water partition coefficient (Wildman–Crippen LogP) is 4.86. The van der Waals surface area contributed by atoms with Gasteiger partial charge in [0.2, 0.25) is 6.29 Å². The maximum Gasteiger partial charge on any atom is 0.306 e. The number of allylic oxidation sites excluding steroid dienone is 2. The lowest BCUT2D eigenvalue weighted by Crippen LogP contribution is -2.47. The lowest BCUT2D eigenvalue weighted by atomic mass is 9.71. The number of fused-ring (bicyclic) bond motifs is 4. The van der Waals surface area contributed by atoms with Gasteiger partial charge in [0, 0.05) is 37.2 Å². The van der Waals surface area contributed by atoms with Crippen molar-refractivity contribution in [3.8, 4) is 0 Å². The van der Waals surface area contributed by atoms with Crippen molar-refractivity contribution in [2.75, 3.05) is 19.8 Å². The minimum Gasteiger partial charge on any atom is -0.465 e. The molecule has 0 aromatic rings. The summed E-state index contributed by atoms with van der Waals surface area (Å²) in [6.45, 7) is 8.16. The van der Waals surface area contributed by atoms with Crippen molar-refractivity contribution >= 4 is 17.9 Å². The Balaban J connectivity index is 1.43. The number of carbonyl (C=O) groups excluding carboxylic acids is 3. The van der Waals surface area contributed by atoms with Gasteiger partial charge in [0.05, 0.1) is 25.4 Å². The number of hydrogen-bond acceptors (Lipinski definition) is 8. The van der Waals surface area contributed by atoms with Gasteiger partial charge in [-0.1, -0.05) is 38.8 Å². The van der Waals surface area contributed by atoms with Gasteiger partial charge >= 0.3 is 17.9 Å². The molecule has 7 atom stereocenters. The first-order valence-corrected chi connectivity index (χ1v) is 13.8. The molecule has 206 valence electrons. The summed E-state index contributed by atoms with van der Waals surface area (Å²) in [5.41, 5.74) is 0.242. The Morgan fingerprint density at radius 1 is 1.08 bits per heavy atom. The fourth-order valence-electron chi connectivity index (χ4n) is 6.65. The molecule has 4 rings (SSSR count). The van der Waals surface area contributed by atoms with E-state index in [2.05, 4.69) is 26.0 Å². The van der Waals surface area contributed by atoms with Crippen LogP contribution in [0, 0.1) is 29.1 Å². The van der Waals surface area contributed by atoms with Crippen molar-refractivity contribution in [2.45, 2.75) is 91.0 Å². The van der Waals surface area contributed by atoms with Gasteiger partial charge in [-0.25, -0.2) is 0 Å². The van der Waals surface area contributed by atoms with Crippen LogP contribution >= 0.6 is 0 Å². The van der Waals surface area contributed by atoms with E-state index in [9.17, 15) is 14.4 Å². The third-order valence-electron chi connectivity index (χ3n) is 8.71. The summed E-state index contributed by atoms with van der Waals surface area (Å²) in [5.74, 6) is -0.736. The van der Waals surface area contributed by atoms with Crippen molar-refractivity contribution < 1.29 is 38.1 Å². The standard InChI is InChI=1S/C29H42O8/c1-5-6-7-8-9-10-11-12-23(32)35-17-28(4)22-13-14-29(18-36-29)26-24(25(22)28)21(15-33-19(2)30)16-34-27(26)37-20(3)31/h9-10,16,22,24-27H,5-8,11-15,17-18H2,1-4H3/b10-9-/t22-,24+,25-,26-,27+,28+,29+/m0/s1. The number of ether oxygens (including phenoxy) is 5. The van der Waals surface area contributed by atoms with E-state index in [0.29, 0.717) is 32.0 Å². The molecule has 0 radical (unpaired) electrons. The molecule has 0 aromatic heterocycles. The molecule has 2 aliphatic heterocycles. The first kappa shape index (κ1) is 27.7. The lowest BCUT2D eigenvalue weighted by molar-refractivity contribution is -0.193. The number of epoxide rings is 1. The van der Waals surface area contributed by atoms with E-state index in [4.69, 9.17) is 23.7 Å². The summed E-state index contributed by atoms with van der Waals surface area (Å²) in [5, 5.41) is 0. The molecule has 0 N–H and O–H groups in total. The summed E-state index contributed by atoms with van der Waals surface area (Å²) in [6, 6.07) is 0. The summed E-state index contributed by atoms with van der Waals surface area (Å²) in [7, 11) is 0. The van der Waals surface area contributed by atoms with Gasteiger partial charge in [-0.15, -0.1) is 0 Å². The third kappa shape index (κ3) is 6.21. The highest BCUT2D eigenvalue weighted by Crippen LogP contribution is 2.72. The first-order valence-electron chi connectivity index (χ1n) is 13.8. The van der Waals surface area contributed by atoms with E-state index in [1.807, 2.05) is 0 Å². The molecule has 4 aliphatic rings. The van der Waals surface area contributed by atoms with Crippen LogP contribution in [-0.2, 0) is 38.1 Å². The zero-order valence-electron chi connectivity index (χ0n) is 22.7. The van der Waals surface area contributed by atoms with Crippen LogP contribution in [0.5, 0.6) is 0 Å². The molecule has 1 spiro atoms. The molecule has 0 unspecified atom stereocenters. The molecule has 0 amide bonds. The zero-order valence-corrected chi connectivity index (χ0v) is 22.7. The van der Waals surface area contributed by atoms with Crippen LogP contribution in [0.1, 0.15) is 79.1 Å². The Morgan fingerprint density at radius 3 is 2.51 bits per heavy atom. The number of unbranched alkanes of at least 4 members (excludes halogenated alkanes) is 3. The molecular formula is C29H42O8. The summed E-state index contributed by atoms with van der Waals surface area (Å²) in [6.07, 6.45) is 12.5. The van der Waals surface area contributed by atoms with Crippen LogP contribution in [0.2, 0.25) is 0 Å². The summed E-state index contributed by atoms with van der Waals surface area (Å²) < 4.78 is 28.6. The monoisotopic (exact) mass is 518 g/mol. The molecule has 37 heavy (non-hydrogen) atoms. The minimum absolute atomic E-state index is 0.0674. The Hall–Kier alpha value is -2.35. The average molecular weight is 519 g/mol. The first-order chi connectivity index (χ1) is 17.7. The van der Waals surface area contributed by atoms with Gasteiger partial charge in [-0.05, 0) is 43.9 Å². The maximum atomic E-state index is 12.5. The Morgan fingerprint density at radius 2 is 1.84 bits per heavy atom. The quantitative estimate of drug-likeness (QED) is 0.119. The van der Waals surface area contributed by atoms with Gasteiger partial charge < -0.3 is 23.7 Å². The van der Waals surface area contributed by atoms with E-state index in [0.717, 1.165) is 24.8 Å². The number of hydrogen-bond donors (Lipinski definition) is 0.